The first-order valence-electron chi connectivity index (χ1n) is 8.32. The number of nitrogens with zero attached hydrogens (tertiary/aromatic N) is 4. The number of piperazine rings is 1. The molecule has 0 atom stereocenters. The second kappa shape index (κ2) is 7.27. The van der Waals surface area contributed by atoms with E-state index in [1.54, 1.807) is 6.92 Å². The summed E-state index contributed by atoms with van der Waals surface area (Å²) in [5.74, 6) is 2.44. The van der Waals surface area contributed by atoms with Gasteiger partial charge in [0, 0.05) is 49.9 Å². The molecule has 6 nitrogen and oxygen atoms in total. The van der Waals surface area contributed by atoms with Crippen molar-refractivity contribution in [1.29, 1.82) is 0 Å². The summed E-state index contributed by atoms with van der Waals surface area (Å²) >= 11 is 6.09. The highest BCUT2D eigenvalue weighted by molar-refractivity contribution is 6.30. The van der Waals surface area contributed by atoms with Gasteiger partial charge in [0.25, 0.3) is 0 Å². The summed E-state index contributed by atoms with van der Waals surface area (Å²) in [6.07, 6.45) is 0. The maximum absolute atomic E-state index is 11.5. The molecule has 0 spiro atoms. The maximum Gasteiger partial charge on any atom is 0.219 e. The van der Waals surface area contributed by atoms with Gasteiger partial charge in [0.2, 0.25) is 5.91 Å². The molecule has 1 amide bonds. The standard InChI is InChI=1S/C18H22ClN5O/c1-12-4-5-15(19)10-16(12)22-17-11-18(21-13(2)20-17)24-8-6-23(7-9-24)14(3)25/h4-5,10-11H,6-9H2,1-3H3,(H,20,21,22). The van der Waals surface area contributed by atoms with Crippen LogP contribution in [0.25, 0.3) is 0 Å². The fourth-order valence-corrected chi connectivity index (χ4v) is 3.07. The Bertz CT molecular complexity index is 787. The minimum absolute atomic E-state index is 0.123. The molecular weight excluding hydrogens is 338 g/mol. The Labute approximate surface area is 152 Å². The van der Waals surface area contributed by atoms with E-state index in [1.165, 1.54) is 0 Å². The van der Waals surface area contributed by atoms with Crippen molar-refractivity contribution in [3.8, 4) is 0 Å². The number of carbonyl (C=O) groups is 1. The lowest BCUT2D eigenvalue weighted by Gasteiger charge is -2.35. The molecule has 2 aromatic rings. The van der Waals surface area contributed by atoms with Gasteiger partial charge in [-0.1, -0.05) is 17.7 Å². The quantitative estimate of drug-likeness (QED) is 0.912. The van der Waals surface area contributed by atoms with Crippen LogP contribution in [0.4, 0.5) is 17.3 Å². The van der Waals surface area contributed by atoms with Crippen LogP contribution in [0.3, 0.4) is 0 Å². The van der Waals surface area contributed by atoms with Crippen molar-refractivity contribution in [1.82, 2.24) is 14.9 Å². The van der Waals surface area contributed by atoms with Crippen molar-refractivity contribution >= 4 is 34.8 Å². The SMILES string of the molecule is CC(=O)N1CCN(c2cc(Nc3cc(Cl)ccc3C)nc(C)n2)CC1. The zero-order valence-electron chi connectivity index (χ0n) is 14.7. The Morgan fingerprint density at radius 1 is 1.12 bits per heavy atom. The molecule has 25 heavy (non-hydrogen) atoms. The number of amides is 1. The molecule has 1 saturated heterocycles. The Hall–Kier alpha value is -2.34. The Morgan fingerprint density at radius 2 is 1.84 bits per heavy atom. The van der Waals surface area contributed by atoms with Crippen molar-refractivity contribution in [2.45, 2.75) is 20.8 Å². The van der Waals surface area contributed by atoms with Crippen molar-refractivity contribution in [3.05, 3.63) is 40.7 Å². The van der Waals surface area contributed by atoms with Crippen LogP contribution in [-0.2, 0) is 4.79 Å². The molecule has 1 N–H and O–H groups in total. The van der Waals surface area contributed by atoms with E-state index in [0.717, 1.165) is 36.0 Å². The summed E-state index contributed by atoms with van der Waals surface area (Å²) in [5, 5.41) is 4.01. The molecule has 1 aliphatic heterocycles. The maximum atomic E-state index is 11.5. The molecule has 0 bridgehead atoms. The van der Waals surface area contributed by atoms with Crippen LogP contribution in [0.1, 0.15) is 18.3 Å². The zero-order valence-corrected chi connectivity index (χ0v) is 15.5. The fraction of sp³-hybridized carbons (Fsp3) is 0.389. The second-order valence-electron chi connectivity index (χ2n) is 6.24. The number of nitrogens with one attached hydrogen (secondary N) is 1. The number of aryl methyl sites for hydroxylation is 2. The van der Waals surface area contributed by atoms with E-state index >= 15 is 0 Å². The molecule has 0 radical (unpaired) electrons. The third-order valence-electron chi connectivity index (χ3n) is 4.34. The molecule has 0 unspecified atom stereocenters. The van der Waals surface area contributed by atoms with E-state index in [9.17, 15) is 4.79 Å². The summed E-state index contributed by atoms with van der Waals surface area (Å²) in [5.41, 5.74) is 2.02. The lowest BCUT2D eigenvalue weighted by molar-refractivity contribution is -0.129. The number of halogens is 1. The number of benzene rings is 1. The molecule has 132 valence electrons. The van der Waals surface area contributed by atoms with E-state index in [4.69, 9.17) is 11.6 Å². The highest BCUT2D eigenvalue weighted by Gasteiger charge is 2.20. The summed E-state index contributed by atoms with van der Waals surface area (Å²) in [7, 11) is 0. The van der Waals surface area contributed by atoms with Gasteiger partial charge >= 0.3 is 0 Å². The number of aromatic nitrogens is 2. The summed E-state index contributed by atoms with van der Waals surface area (Å²) in [6.45, 7) is 8.49. The normalized spacial score (nSPS) is 14.6. The van der Waals surface area contributed by atoms with Crippen molar-refractivity contribution in [2.24, 2.45) is 0 Å². The molecule has 1 aromatic heterocycles. The molecule has 7 heteroatoms. The molecule has 1 fully saturated rings. The van der Waals surface area contributed by atoms with E-state index in [-0.39, 0.29) is 5.91 Å². The predicted molar refractivity (Wildman–Crippen MR) is 101 cm³/mol. The van der Waals surface area contributed by atoms with Gasteiger partial charge in [-0.15, -0.1) is 0 Å². The lowest BCUT2D eigenvalue weighted by atomic mass is 10.2. The van der Waals surface area contributed by atoms with Crippen molar-refractivity contribution in [2.75, 3.05) is 36.4 Å². The number of anilines is 3. The molecule has 1 aromatic carbocycles. The molecular formula is C18H22ClN5O. The number of rotatable bonds is 3. The summed E-state index contributed by atoms with van der Waals surface area (Å²) < 4.78 is 0. The van der Waals surface area contributed by atoms with Gasteiger partial charge in [-0.25, -0.2) is 9.97 Å². The highest BCUT2D eigenvalue weighted by atomic mass is 35.5. The van der Waals surface area contributed by atoms with Crippen LogP contribution in [0, 0.1) is 13.8 Å². The zero-order chi connectivity index (χ0) is 18.0. The first-order chi connectivity index (χ1) is 11.9. The summed E-state index contributed by atoms with van der Waals surface area (Å²) in [6, 6.07) is 7.67. The minimum atomic E-state index is 0.123. The minimum Gasteiger partial charge on any atom is -0.353 e. The first kappa shape index (κ1) is 17.5. The van der Waals surface area contributed by atoms with Crippen LogP contribution in [-0.4, -0.2) is 47.0 Å². The van der Waals surface area contributed by atoms with E-state index in [0.29, 0.717) is 23.9 Å². The van der Waals surface area contributed by atoms with Crippen LogP contribution in [0.15, 0.2) is 24.3 Å². The Kier molecular flexibility index (Phi) is 5.08. The number of carbonyl (C=O) groups excluding carboxylic acids is 1. The predicted octanol–water partition coefficient (Wildman–Crippen LogP) is 3.16. The monoisotopic (exact) mass is 359 g/mol. The topological polar surface area (TPSA) is 61.4 Å². The average molecular weight is 360 g/mol. The fourth-order valence-electron chi connectivity index (χ4n) is 2.90. The largest absolute Gasteiger partial charge is 0.353 e. The first-order valence-corrected chi connectivity index (χ1v) is 8.69. The summed E-state index contributed by atoms with van der Waals surface area (Å²) in [4.78, 5) is 24.6. The van der Waals surface area contributed by atoms with E-state index in [1.807, 2.05) is 43.0 Å². The van der Waals surface area contributed by atoms with E-state index < -0.39 is 0 Å². The molecule has 1 aliphatic rings. The highest BCUT2D eigenvalue weighted by Crippen LogP contribution is 2.25. The van der Waals surface area contributed by atoms with Crippen LogP contribution in [0.2, 0.25) is 5.02 Å². The number of hydrogen-bond acceptors (Lipinski definition) is 5. The molecule has 0 saturated carbocycles. The van der Waals surface area contributed by atoms with Crippen molar-refractivity contribution in [3.63, 3.8) is 0 Å². The van der Waals surface area contributed by atoms with Crippen LogP contribution >= 0.6 is 11.6 Å². The lowest BCUT2D eigenvalue weighted by Crippen LogP contribution is -2.48. The Morgan fingerprint density at radius 3 is 2.52 bits per heavy atom. The Balaban J connectivity index is 1.79. The van der Waals surface area contributed by atoms with Crippen LogP contribution < -0.4 is 10.2 Å². The van der Waals surface area contributed by atoms with Gasteiger partial charge in [0.1, 0.15) is 17.5 Å². The van der Waals surface area contributed by atoms with Crippen molar-refractivity contribution < 1.29 is 4.79 Å². The van der Waals surface area contributed by atoms with Gasteiger partial charge < -0.3 is 15.1 Å². The number of hydrogen-bond donors (Lipinski definition) is 1. The van der Waals surface area contributed by atoms with E-state index in [2.05, 4.69) is 20.2 Å². The second-order valence-corrected chi connectivity index (χ2v) is 6.67. The van der Waals surface area contributed by atoms with Gasteiger partial charge in [-0.3, -0.25) is 4.79 Å². The molecule has 2 heterocycles. The van der Waals surface area contributed by atoms with Crippen LogP contribution in [0.5, 0.6) is 0 Å². The van der Waals surface area contributed by atoms with Gasteiger partial charge in [-0.05, 0) is 31.5 Å². The van der Waals surface area contributed by atoms with Gasteiger partial charge in [0.15, 0.2) is 0 Å². The van der Waals surface area contributed by atoms with Gasteiger partial charge in [-0.2, -0.15) is 0 Å². The average Bonchev–Trinajstić information content (AvgIpc) is 2.58. The molecule has 3 rings (SSSR count). The third-order valence-corrected chi connectivity index (χ3v) is 4.57. The smallest absolute Gasteiger partial charge is 0.219 e. The third kappa shape index (κ3) is 4.20. The van der Waals surface area contributed by atoms with Gasteiger partial charge in [0.05, 0.1) is 0 Å². The molecule has 0 aliphatic carbocycles.